The van der Waals surface area contributed by atoms with Gasteiger partial charge in [0.25, 0.3) is 0 Å². The molecule has 1 atom stereocenters. The Morgan fingerprint density at radius 1 is 1.44 bits per heavy atom. The van der Waals surface area contributed by atoms with Crippen LogP contribution in [0.4, 0.5) is 0 Å². The molecule has 56 valence electrons. The first-order chi connectivity index (χ1) is 4.81. The van der Waals surface area contributed by atoms with E-state index < -0.39 is 6.10 Å². The lowest BCUT2D eigenvalue weighted by Crippen LogP contribution is -2.11. The molecule has 1 unspecified atom stereocenters. The molecular formula is C6H14O3. The average molecular weight is 136 g/mol. The zero-order chi connectivity index (χ0) is 7.82. The molecule has 0 aliphatic heterocycles. The van der Waals surface area contributed by atoms with E-state index in [4.69, 9.17) is 11.6 Å². The third-order valence-electron chi connectivity index (χ3n) is 1.14. The number of aliphatic hydroxyl groups excluding tert-OH is 3. The minimum Gasteiger partial charge on any atom is -0.396 e. The Bertz CT molecular complexity index is 70.0. The highest BCUT2D eigenvalue weighted by Gasteiger charge is 1.99. The first kappa shape index (κ1) is 6.99. The van der Waals surface area contributed by atoms with Crippen molar-refractivity contribution >= 4 is 0 Å². The number of hydrogen-bond donors (Lipinski definition) is 3. The largest absolute Gasteiger partial charge is 0.396 e. The maximum Gasteiger partial charge on any atom is 0.210 e. The van der Waals surface area contributed by atoms with Crippen molar-refractivity contribution in [3.05, 3.63) is 0 Å². The molecule has 0 aromatic rings. The quantitative estimate of drug-likeness (QED) is 0.431. The van der Waals surface area contributed by atoms with Gasteiger partial charge in [0.1, 0.15) is 0 Å². The molecule has 0 saturated heterocycles. The topological polar surface area (TPSA) is 60.7 Å². The van der Waals surface area contributed by atoms with Crippen LogP contribution < -0.4 is 0 Å². The van der Waals surface area contributed by atoms with E-state index in [1.165, 1.54) is 0 Å². The summed E-state index contributed by atoms with van der Waals surface area (Å²) in [6.07, 6.45) is 1.53. The van der Waals surface area contributed by atoms with Crippen molar-refractivity contribution in [1.82, 2.24) is 0 Å². The predicted octanol–water partition coefficient (Wildman–Crippen LogP) is -0.498. The van der Waals surface area contributed by atoms with Crippen LogP contribution in [0.1, 0.15) is 19.3 Å². The lowest BCUT2D eigenvalue weighted by molar-refractivity contribution is 0.0848. The molecule has 0 saturated carbocycles. The number of aliphatic hydroxyl groups is 3. The number of hydrogen-bond acceptors (Lipinski definition) is 3. The second kappa shape index (κ2) is 6.01. The van der Waals surface area contributed by atoms with Crippen molar-refractivity contribution in [1.29, 1.82) is 1.43 Å². The van der Waals surface area contributed by atoms with Crippen LogP contribution in [-0.4, -0.2) is 36.1 Å². The summed E-state index contributed by atoms with van der Waals surface area (Å²) >= 11 is 0. The maximum atomic E-state index is 8.82. The molecule has 0 aliphatic rings. The summed E-state index contributed by atoms with van der Waals surface area (Å²) < 4.78 is 6.32. The first-order valence-electron chi connectivity index (χ1n) is 3.59. The molecule has 0 amide bonds. The SMILES string of the molecule is [3H]OCCCCC(O)CO. The van der Waals surface area contributed by atoms with Crippen LogP contribution in [0.2, 0.25) is 0 Å². The zero-order valence-electron chi connectivity index (χ0n) is 6.42. The Labute approximate surface area is 56.4 Å². The third kappa shape index (κ3) is 5.76. The molecule has 3 N–H and O–H groups in total. The average Bonchev–Trinajstić information content (AvgIpc) is 1.98. The van der Waals surface area contributed by atoms with Crippen LogP contribution in [0.3, 0.4) is 0 Å². The molecular weight excluding hydrogens is 120 g/mol. The van der Waals surface area contributed by atoms with Crippen molar-refractivity contribution in [2.45, 2.75) is 25.4 Å². The minimum atomic E-state index is -0.606. The second-order valence-corrected chi connectivity index (χ2v) is 2.04. The Kier molecular flexibility index (Phi) is 4.67. The van der Waals surface area contributed by atoms with Crippen molar-refractivity contribution in [3.8, 4) is 0 Å². The molecule has 0 fully saturated rings. The number of rotatable bonds is 6. The van der Waals surface area contributed by atoms with Gasteiger partial charge in [-0.05, 0) is 19.3 Å². The lowest BCUT2D eigenvalue weighted by atomic mass is 10.2. The highest BCUT2D eigenvalue weighted by molar-refractivity contribution is 4.51. The van der Waals surface area contributed by atoms with E-state index in [0.29, 0.717) is 13.0 Å². The molecule has 0 aromatic heterocycles. The third-order valence-corrected chi connectivity index (χ3v) is 1.14. The van der Waals surface area contributed by atoms with E-state index in [-0.39, 0.29) is 6.61 Å². The fourth-order valence-electron chi connectivity index (χ4n) is 0.573. The summed E-state index contributed by atoms with van der Waals surface area (Å²) in [7, 11) is 0. The Hall–Kier alpha value is -0.120. The van der Waals surface area contributed by atoms with Crippen LogP contribution in [0, 0.1) is 0 Å². The minimum absolute atomic E-state index is 0.179. The van der Waals surface area contributed by atoms with Crippen LogP contribution in [-0.2, 0) is 0 Å². The fourth-order valence-corrected chi connectivity index (χ4v) is 0.573. The zero-order valence-corrected chi connectivity index (χ0v) is 5.42. The molecule has 0 spiro atoms. The van der Waals surface area contributed by atoms with Gasteiger partial charge in [0.2, 0.25) is 1.43 Å². The van der Waals surface area contributed by atoms with E-state index >= 15 is 0 Å². The van der Waals surface area contributed by atoms with Gasteiger partial charge in [-0.2, -0.15) is 0 Å². The second-order valence-electron chi connectivity index (χ2n) is 2.04. The van der Waals surface area contributed by atoms with Crippen molar-refractivity contribution in [3.63, 3.8) is 0 Å². The molecule has 0 bridgehead atoms. The number of unbranched alkanes of at least 4 members (excludes halogenated alkanes) is 1. The lowest BCUT2D eigenvalue weighted by Gasteiger charge is -2.03. The monoisotopic (exact) mass is 136 g/mol. The summed E-state index contributed by atoms with van der Waals surface area (Å²) in [4.78, 5) is 0. The normalized spacial score (nSPS) is 15.1. The van der Waals surface area contributed by atoms with Gasteiger partial charge in [-0.1, -0.05) is 0 Å². The Balaban J connectivity index is 2.89. The van der Waals surface area contributed by atoms with E-state index in [1.54, 1.807) is 0 Å². The molecule has 0 radical (unpaired) electrons. The van der Waals surface area contributed by atoms with E-state index in [2.05, 4.69) is 5.11 Å². The molecule has 0 rings (SSSR count). The summed E-state index contributed by atoms with van der Waals surface area (Å²) in [5.41, 5.74) is 0. The van der Waals surface area contributed by atoms with Crippen LogP contribution in [0.25, 0.3) is 0 Å². The standard InChI is InChI=1S/C6H14O3/c7-4-2-1-3-6(9)5-8/h6-9H,1-5H2/i7T. The van der Waals surface area contributed by atoms with Gasteiger partial charge in [0.05, 0.1) is 12.7 Å². The summed E-state index contributed by atoms with van der Waals surface area (Å²) in [5, 5.41) is 21.3. The van der Waals surface area contributed by atoms with Gasteiger partial charge in [0, 0.05) is 6.61 Å². The Morgan fingerprint density at radius 2 is 2.22 bits per heavy atom. The highest BCUT2D eigenvalue weighted by atomic mass is 16.3. The van der Waals surface area contributed by atoms with E-state index in [0.717, 1.165) is 12.8 Å². The smallest absolute Gasteiger partial charge is 0.210 e. The van der Waals surface area contributed by atoms with Gasteiger partial charge < -0.3 is 15.3 Å². The molecule has 0 aromatic carbocycles. The van der Waals surface area contributed by atoms with Crippen molar-refractivity contribution in [2.24, 2.45) is 0 Å². The summed E-state index contributed by atoms with van der Waals surface area (Å²) in [5.74, 6) is 0. The van der Waals surface area contributed by atoms with Gasteiger partial charge in [-0.3, -0.25) is 0 Å². The van der Waals surface area contributed by atoms with Crippen LogP contribution >= 0.6 is 0 Å². The summed E-state index contributed by atoms with van der Waals surface area (Å²) in [6.45, 7) is 0.222. The van der Waals surface area contributed by atoms with Crippen LogP contribution in [0.15, 0.2) is 0 Å². The Morgan fingerprint density at radius 3 is 2.78 bits per heavy atom. The van der Waals surface area contributed by atoms with Crippen molar-refractivity contribution < 1.29 is 15.3 Å². The van der Waals surface area contributed by atoms with Gasteiger partial charge in [0.15, 0.2) is 0 Å². The maximum absolute atomic E-state index is 8.82. The predicted molar refractivity (Wildman–Crippen MR) is 34.0 cm³/mol. The highest BCUT2D eigenvalue weighted by Crippen LogP contribution is 1.98. The summed E-state index contributed by atoms with van der Waals surface area (Å²) in [6, 6.07) is 0. The molecule has 0 aliphatic carbocycles. The van der Waals surface area contributed by atoms with Crippen molar-refractivity contribution in [2.75, 3.05) is 13.2 Å². The van der Waals surface area contributed by atoms with E-state index in [1.807, 2.05) is 0 Å². The molecule has 0 heterocycles. The fraction of sp³-hybridized carbons (Fsp3) is 1.00. The molecule has 9 heavy (non-hydrogen) atoms. The first-order valence-corrected chi connectivity index (χ1v) is 3.18. The molecule has 3 heteroatoms. The van der Waals surface area contributed by atoms with Gasteiger partial charge >= 0.3 is 0 Å². The molecule has 3 nitrogen and oxygen atoms in total. The van der Waals surface area contributed by atoms with Gasteiger partial charge in [-0.15, -0.1) is 0 Å². The van der Waals surface area contributed by atoms with E-state index in [9.17, 15) is 0 Å². The van der Waals surface area contributed by atoms with Crippen LogP contribution in [0.5, 0.6) is 0 Å². The van der Waals surface area contributed by atoms with Gasteiger partial charge in [-0.25, -0.2) is 0 Å².